The Kier molecular flexibility index (Phi) is 5.64. The van der Waals surface area contributed by atoms with Crippen LogP contribution in [0.1, 0.15) is 12.0 Å². The fourth-order valence-corrected chi connectivity index (χ4v) is 3.51. The molecule has 33 heavy (non-hydrogen) atoms. The van der Waals surface area contributed by atoms with Gasteiger partial charge in [0.25, 0.3) is 6.02 Å². The van der Waals surface area contributed by atoms with E-state index in [1.54, 1.807) is 6.07 Å². The van der Waals surface area contributed by atoms with E-state index in [-0.39, 0.29) is 11.5 Å². The van der Waals surface area contributed by atoms with Crippen molar-refractivity contribution in [1.29, 1.82) is 0 Å². The molecule has 0 radical (unpaired) electrons. The zero-order chi connectivity index (χ0) is 23.8. The van der Waals surface area contributed by atoms with E-state index in [0.717, 1.165) is 12.1 Å². The summed E-state index contributed by atoms with van der Waals surface area (Å²) >= 11 is 0. The van der Waals surface area contributed by atoms with Crippen LogP contribution in [0.15, 0.2) is 41.8 Å². The molecule has 8 nitrogen and oxygen atoms in total. The molecule has 2 unspecified atom stereocenters. The maximum absolute atomic E-state index is 14.7. The van der Waals surface area contributed by atoms with Gasteiger partial charge in [0, 0.05) is 23.7 Å². The SMILES string of the molecule is COc1cnc2c(Nc3ccc(F)c(C4(CF)CC(C(F)(F)F)OC(N)=N4)c3)ncnc2c1. The van der Waals surface area contributed by atoms with Crippen LogP contribution in [0.4, 0.5) is 33.5 Å². The number of nitrogens with zero attached hydrogens (tertiary/aromatic N) is 4. The second-order valence-electron chi connectivity index (χ2n) is 7.25. The Morgan fingerprint density at radius 2 is 2.03 bits per heavy atom. The Balaban J connectivity index is 1.74. The minimum atomic E-state index is -4.85. The number of halogens is 5. The summed E-state index contributed by atoms with van der Waals surface area (Å²) in [6.07, 6.45) is -5.56. The number of anilines is 2. The van der Waals surface area contributed by atoms with Gasteiger partial charge in [0.2, 0.25) is 0 Å². The van der Waals surface area contributed by atoms with E-state index >= 15 is 0 Å². The number of aliphatic imine (C=N–C) groups is 1. The van der Waals surface area contributed by atoms with E-state index in [1.807, 2.05) is 0 Å². The highest BCUT2D eigenvalue weighted by Crippen LogP contribution is 2.42. The summed E-state index contributed by atoms with van der Waals surface area (Å²) in [5, 5.41) is 2.91. The van der Waals surface area contributed by atoms with Crippen molar-refractivity contribution in [2.45, 2.75) is 24.2 Å². The zero-order valence-corrected chi connectivity index (χ0v) is 17.0. The molecule has 174 valence electrons. The summed E-state index contributed by atoms with van der Waals surface area (Å²) in [4.78, 5) is 16.2. The molecule has 1 aromatic carbocycles. The highest BCUT2D eigenvalue weighted by Gasteiger charge is 2.52. The summed E-state index contributed by atoms with van der Waals surface area (Å²) in [7, 11) is 1.47. The zero-order valence-electron chi connectivity index (χ0n) is 17.0. The lowest BCUT2D eigenvalue weighted by Gasteiger charge is -2.36. The van der Waals surface area contributed by atoms with Crippen LogP contribution in [-0.2, 0) is 10.3 Å². The van der Waals surface area contributed by atoms with Crippen LogP contribution in [-0.4, -0.2) is 47.0 Å². The van der Waals surface area contributed by atoms with Gasteiger partial charge in [0.05, 0.1) is 18.8 Å². The third-order valence-corrected chi connectivity index (χ3v) is 5.11. The molecule has 0 saturated heterocycles. The van der Waals surface area contributed by atoms with Gasteiger partial charge in [-0.25, -0.2) is 28.7 Å². The fourth-order valence-electron chi connectivity index (χ4n) is 3.51. The molecule has 3 heterocycles. The van der Waals surface area contributed by atoms with E-state index in [9.17, 15) is 22.0 Å². The molecule has 3 N–H and O–H groups in total. The summed E-state index contributed by atoms with van der Waals surface area (Å²) in [6, 6.07) is 4.20. The number of hydrogen-bond acceptors (Lipinski definition) is 8. The van der Waals surface area contributed by atoms with Crippen molar-refractivity contribution in [2.24, 2.45) is 10.7 Å². The number of aromatic nitrogens is 3. The molecule has 2 aromatic heterocycles. The van der Waals surface area contributed by atoms with E-state index in [0.29, 0.717) is 16.8 Å². The lowest BCUT2D eigenvalue weighted by molar-refractivity contribution is -0.209. The third-order valence-electron chi connectivity index (χ3n) is 5.11. The van der Waals surface area contributed by atoms with Crippen LogP contribution < -0.4 is 15.8 Å². The number of alkyl halides is 4. The highest BCUT2D eigenvalue weighted by atomic mass is 19.4. The molecule has 0 aliphatic carbocycles. The first-order chi connectivity index (χ1) is 15.6. The third kappa shape index (κ3) is 4.30. The van der Waals surface area contributed by atoms with E-state index < -0.39 is 48.3 Å². The summed E-state index contributed by atoms with van der Waals surface area (Å²) in [5.74, 6) is -0.249. The van der Waals surface area contributed by atoms with Gasteiger partial charge in [-0.05, 0) is 18.2 Å². The number of amidine groups is 1. The number of benzene rings is 1. The van der Waals surface area contributed by atoms with Crippen LogP contribution in [0, 0.1) is 5.82 Å². The predicted molar refractivity (Wildman–Crippen MR) is 108 cm³/mol. The molecule has 13 heteroatoms. The average molecular weight is 468 g/mol. The molecule has 0 amide bonds. The second kappa shape index (κ2) is 8.30. The van der Waals surface area contributed by atoms with Crippen molar-refractivity contribution >= 4 is 28.6 Å². The Morgan fingerprint density at radius 3 is 2.73 bits per heavy atom. The minimum absolute atomic E-state index is 0.209. The van der Waals surface area contributed by atoms with Crippen molar-refractivity contribution in [2.75, 3.05) is 19.1 Å². The number of hydrogen-bond donors (Lipinski definition) is 2. The molecular formula is C20H17F5N6O2. The Bertz CT molecular complexity index is 1220. The number of methoxy groups -OCH3 is 1. The van der Waals surface area contributed by atoms with E-state index in [4.69, 9.17) is 10.5 Å². The number of fused-ring (bicyclic) bond motifs is 1. The minimum Gasteiger partial charge on any atom is -0.495 e. The Morgan fingerprint density at radius 1 is 1.24 bits per heavy atom. The van der Waals surface area contributed by atoms with Crippen molar-refractivity contribution in [3.63, 3.8) is 0 Å². The van der Waals surface area contributed by atoms with Crippen LogP contribution >= 0.6 is 0 Å². The number of pyridine rings is 1. The van der Waals surface area contributed by atoms with Gasteiger partial charge in [-0.15, -0.1) is 0 Å². The molecule has 4 rings (SSSR count). The molecule has 3 aromatic rings. The smallest absolute Gasteiger partial charge is 0.425 e. The Hall–Kier alpha value is -3.77. The molecule has 0 fully saturated rings. The van der Waals surface area contributed by atoms with Crippen LogP contribution in [0.2, 0.25) is 0 Å². The maximum atomic E-state index is 14.7. The maximum Gasteiger partial charge on any atom is 0.425 e. The molecule has 0 bridgehead atoms. The van der Waals surface area contributed by atoms with Gasteiger partial charge in [0.1, 0.15) is 35.6 Å². The molecular weight excluding hydrogens is 451 g/mol. The number of rotatable bonds is 5. The van der Waals surface area contributed by atoms with Gasteiger partial charge < -0.3 is 20.5 Å². The largest absolute Gasteiger partial charge is 0.495 e. The normalized spacial score (nSPS) is 20.8. The van der Waals surface area contributed by atoms with E-state index in [1.165, 1.54) is 25.7 Å². The monoisotopic (exact) mass is 468 g/mol. The van der Waals surface area contributed by atoms with Gasteiger partial charge in [-0.2, -0.15) is 13.2 Å². The summed E-state index contributed by atoms with van der Waals surface area (Å²) < 4.78 is 78.4. The van der Waals surface area contributed by atoms with Crippen molar-refractivity contribution < 1.29 is 31.4 Å². The van der Waals surface area contributed by atoms with E-state index in [2.05, 4.69) is 30.0 Å². The lowest BCUT2D eigenvalue weighted by Crippen LogP contribution is -2.48. The fraction of sp³-hybridized carbons (Fsp3) is 0.300. The van der Waals surface area contributed by atoms with Gasteiger partial charge >= 0.3 is 6.18 Å². The lowest BCUT2D eigenvalue weighted by atomic mass is 9.84. The first-order valence-corrected chi connectivity index (χ1v) is 9.51. The van der Waals surface area contributed by atoms with Crippen molar-refractivity contribution in [3.05, 3.63) is 48.2 Å². The first kappa shape index (κ1) is 22.4. The molecule has 0 saturated carbocycles. The molecule has 1 aliphatic rings. The van der Waals surface area contributed by atoms with Crippen molar-refractivity contribution in [3.8, 4) is 5.75 Å². The van der Waals surface area contributed by atoms with Gasteiger partial charge in [-0.3, -0.25) is 0 Å². The number of nitrogens with two attached hydrogens (primary N) is 1. The van der Waals surface area contributed by atoms with Gasteiger partial charge in [-0.1, -0.05) is 0 Å². The van der Waals surface area contributed by atoms with Gasteiger partial charge in [0.15, 0.2) is 11.9 Å². The average Bonchev–Trinajstić information content (AvgIpc) is 2.79. The second-order valence-corrected chi connectivity index (χ2v) is 7.25. The highest BCUT2D eigenvalue weighted by molar-refractivity contribution is 5.87. The predicted octanol–water partition coefficient (Wildman–Crippen LogP) is 3.75. The summed E-state index contributed by atoms with van der Waals surface area (Å²) in [6.45, 7) is -1.43. The standard InChI is InChI=1S/C20H17F5N6O2/c1-32-11-5-14-16(27-7-11)17(29-9-28-14)30-10-2-3-13(22)12(4-10)19(8-21)6-15(20(23,24)25)33-18(26)31-19/h2-5,7,9,15H,6,8H2,1H3,(H2,26,31)(H,28,29,30). The summed E-state index contributed by atoms with van der Waals surface area (Å²) in [5.41, 5.74) is 3.78. The van der Waals surface area contributed by atoms with Crippen LogP contribution in [0.5, 0.6) is 5.75 Å². The van der Waals surface area contributed by atoms with Crippen molar-refractivity contribution in [1.82, 2.24) is 15.0 Å². The molecule has 2 atom stereocenters. The topological polar surface area (TPSA) is 108 Å². The van der Waals surface area contributed by atoms with Crippen LogP contribution in [0.3, 0.4) is 0 Å². The molecule has 1 aliphatic heterocycles. The number of nitrogens with one attached hydrogen (secondary N) is 1. The first-order valence-electron chi connectivity index (χ1n) is 9.51. The quantitative estimate of drug-likeness (QED) is 0.549. The number of ether oxygens (including phenoxy) is 2. The Labute approximate surface area is 183 Å². The van der Waals surface area contributed by atoms with Crippen LogP contribution in [0.25, 0.3) is 11.0 Å². The molecule has 0 spiro atoms.